The van der Waals surface area contributed by atoms with Crippen LogP contribution in [0.1, 0.15) is 19.8 Å². The summed E-state index contributed by atoms with van der Waals surface area (Å²) in [5, 5.41) is 0.495. The summed E-state index contributed by atoms with van der Waals surface area (Å²) in [6.45, 7) is 3.13. The number of hydrogen-bond donors (Lipinski definition) is 0. The second kappa shape index (κ2) is 4.66. The molecule has 0 radical (unpaired) electrons. The average molecular weight is 223 g/mol. The predicted octanol–water partition coefficient (Wildman–Crippen LogP) is 1.16. The van der Waals surface area contributed by atoms with E-state index < -0.39 is 10.0 Å². The van der Waals surface area contributed by atoms with Crippen LogP contribution in [0.25, 0.3) is 0 Å². The summed E-state index contributed by atoms with van der Waals surface area (Å²) >= 11 is 1.77. The number of rotatable bonds is 3. The highest BCUT2D eigenvalue weighted by atomic mass is 32.2. The van der Waals surface area contributed by atoms with E-state index in [9.17, 15) is 8.42 Å². The molecule has 1 saturated heterocycles. The molecular formula is C8H17NO2S2. The molecule has 1 atom stereocenters. The lowest BCUT2D eigenvalue weighted by molar-refractivity contribution is 0.354. The normalized spacial score (nSPS) is 26.2. The topological polar surface area (TPSA) is 37.4 Å². The summed E-state index contributed by atoms with van der Waals surface area (Å²) in [6, 6.07) is 0. The molecule has 1 aliphatic heterocycles. The van der Waals surface area contributed by atoms with Crippen molar-refractivity contribution in [3.05, 3.63) is 0 Å². The van der Waals surface area contributed by atoms with Gasteiger partial charge in [0.05, 0.1) is 5.75 Å². The second-order valence-electron chi connectivity index (χ2n) is 3.26. The number of thioether (sulfide) groups is 1. The van der Waals surface area contributed by atoms with E-state index in [0.29, 0.717) is 18.3 Å². The molecule has 1 fully saturated rings. The van der Waals surface area contributed by atoms with Gasteiger partial charge in [-0.1, -0.05) is 0 Å². The zero-order valence-corrected chi connectivity index (χ0v) is 9.83. The Bertz CT molecular complexity index is 251. The van der Waals surface area contributed by atoms with Crippen LogP contribution in [-0.4, -0.2) is 43.1 Å². The second-order valence-corrected chi connectivity index (χ2v) is 6.65. The van der Waals surface area contributed by atoms with E-state index in [2.05, 4.69) is 0 Å². The molecule has 0 amide bonds. The molecule has 0 bridgehead atoms. The summed E-state index contributed by atoms with van der Waals surface area (Å²) < 4.78 is 24.7. The fourth-order valence-electron chi connectivity index (χ4n) is 1.53. The Labute approximate surface area is 84.9 Å². The highest BCUT2D eigenvalue weighted by Crippen LogP contribution is 2.22. The summed E-state index contributed by atoms with van der Waals surface area (Å²) in [7, 11) is -2.94. The zero-order chi connectivity index (χ0) is 9.90. The molecule has 0 aromatic carbocycles. The van der Waals surface area contributed by atoms with Crippen LogP contribution in [0.3, 0.4) is 0 Å². The number of hydrogen-bond acceptors (Lipinski definition) is 3. The van der Waals surface area contributed by atoms with E-state index in [1.165, 1.54) is 0 Å². The first-order valence-electron chi connectivity index (χ1n) is 4.60. The third-order valence-corrected chi connectivity index (χ3v) is 5.33. The maximum absolute atomic E-state index is 11.5. The van der Waals surface area contributed by atoms with E-state index in [-0.39, 0.29) is 5.75 Å². The minimum absolute atomic E-state index is 0.230. The molecule has 13 heavy (non-hydrogen) atoms. The van der Waals surface area contributed by atoms with Crippen molar-refractivity contribution in [2.24, 2.45) is 0 Å². The molecular weight excluding hydrogens is 206 g/mol. The fraction of sp³-hybridized carbons (Fsp3) is 1.00. The predicted molar refractivity (Wildman–Crippen MR) is 57.6 cm³/mol. The summed E-state index contributed by atoms with van der Waals surface area (Å²) in [6.07, 6.45) is 4.20. The van der Waals surface area contributed by atoms with Crippen molar-refractivity contribution in [1.82, 2.24) is 4.31 Å². The molecule has 1 aliphatic rings. The molecule has 78 valence electrons. The molecule has 1 rings (SSSR count). The molecule has 1 heterocycles. The van der Waals surface area contributed by atoms with E-state index >= 15 is 0 Å². The highest BCUT2D eigenvalue weighted by Gasteiger charge is 2.26. The Morgan fingerprint density at radius 3 is 2.77 bits per heavy atom. The third-order valence-electron chi connectivity index (χ3n) is 2.43. The SMILES string of the molecule is CCS(=O)(=O)N1CCCC(SC)C1. The molecule has 0 saturated carbocycles. The van der Waals surface area contributed by atoms with Gasteiger partial charge in [0.15, 0.2) is 0 Å². The van der Waals surface area contributed by atoms with Crippen molar-refractivity contribution in [2.75, 3.05) is 25.1 Å². The Hall–Kier alpha value is 0.260. The Balaban J connectivity index is 2.61. The molecule has 5 heteroatoms. The van der Waals surface area contributed by atoms with Gasteiger partial charge in [-0.05, 0) is 26.0 Å². The Morgan fingerprint density at radius 1 is 1.54 bits per heavy atom. The molecule has 0 aromatic heterocycles. The van der Waals surface area contributed by atoms with Crippen LogP contribution in [0.4, 0.5) is 0 Å². The van der Waals surface area contributed by atoms with Crippen LogP contribution in [-0.2, 0) is 10.0 Å². The monoisotopic (exact) mass is 223 g/mol. The lowest BCUT2D eigenvalue weighted by Crippen LogP contribution is -2.41. The van der Waals surface area contributed by atoms with Crippen LogP contribution in [0.15, 0.2) is 0 Å². The summed E-state index contributed by atoms with van der Waals surface area (Å²) in [5.41, 5.74) is 0. The smallest absolute Gasteiger partial charge is 0.212 e. The number of piperidine rings is 1. The van der Waals surface area contributed by atoms with Gasteiger partial charge in [0.1, 0.15) is 0 Å². The molecule has 3 nitrogen and oxygen atoms in total. The van der Waals surface area contributed by atoms with E-state index in [1.807, 2.05) is 6.26 Å². The largest absolute Gasteiger partial charge is 0.213 e. The first kappa shape index (κ1) is 11.3. The molecule has 0 N–H and O–H groups in total. The minimum Gasteiger partial charge on any atom is -0.212 e. The maximum Gasteiger partial charge on any atom is 0.213 e. The first-order valence-corrected chi connectivity index (χ1v) is 7.50. The van der Waals surface area contributed by atoms with Crippen LogP contribution in [0, 0.1) is 0 Å². The summed E-state index contributed by atoms with van der Waals surface area (Å²) in [5.74, 6) is 0.230. The van der Waals surface area contributed by atoms with Crippen molar-refractivity contribution in [1.29, 1.82) is 0 Å². The van der Waals surface area contributed by atoms with E-state index in [0.717, 1.165) is 12.8 Å². The average Bonchev–Trinajstić information content (AvgIpc) is 2.18. The molecule has 0 aliphatic carbocycles. The maximum atomic E-state index is 11.5. The molecule has 0 aromatic rings. The van der Waals surface area contributed by atoms with Crippen LogP contribution in [0.5, 0.6) is 0 Å². The van der Waals surface area contributed by atoms with Crippen LogP contribution in [0.2, 0.25) is 0 Å². The standard InChI is InChI=1S/C8H17NO2S2/c1-3-13(10,11)9-6-4-5-8(7-9)12-2/h8H,3-7H2,1-2H3. The lowest BCUT2D eigenvalue weighted by atomic mass is 10.2. The van der Waals surface area contributed by atoms with Gasteiger partial charge >= 0.3 is 0 Å². The number of nitrogens with zero attached hydrogens (tertiary/aromatic N) is 1. The van der Waals surface area contributed by atoms with Gasteiger partial charge in [-0.3, -0.25) is 0 Å². The van der Waals surface area contributed by atoms with E-state index in [4.69, 9.17) is 0 Å². The van der Waals surface area contributed by atoms with Crippen LogP contribution >= 0.6 is 11.8 Å². The van der Waals surface area contributed by atoms with Crippen molar-refractivity contribution >= 4 is 21.8 Å². The highest BCUT2D eigenvalue weighted by molar-refractivity contribution is 7.99. The lowest BCUT2D eigenvalue weighted by Gasteiger charge is -2.30. The van der Waals surface area contributed by atoms with Gasteiger partial charge in [-0.2, -0.15) is 11.8 Å². The van der Waals surface area contributed by atoms with Gasteiger partial charge in [-0.25, -0.2) is 12.7 Å². The van der Waals surface area contributed by atoms with Gasteiger partial charge in [0.2, 0.25) is 10.0 Å². The Morgan fingerprint density at radius 2 is 2.23 bits per heavy atom. The quantitative estimate of drug-likeness (QED) is 0.720. The summed E-state index contributed by atoms with van der Waals surface area (Å²) in [4.78, 5) is 0. The van der Waals surface area contributed by atoms with Gasteiger partial charge in [-0.15, -0.1) is 0 Å². The van der Waals surface area contributed by atoms with Crippen molar-refractivity contribution in [3.8, 4) is 0 Å². The van der Waals surface area contributed by atoms with Gasteiger partial charge in [0.25, 0.3) is 0 Å². The minimum atomic E-state index is -2.94. The zero-order valence-electron chi connectivity index (χ0n) is 8.19. The molecule has 1 unspecified atom stereocenters. The van der Waals surface area contributed by atoms with Crippen molar-refractivity contribution < 1.29 is 8.42 Å². The van der Waals surface area contributed by atoms with Crippen molar-refractivity contribution in [2.45, 2.75) is 25.0 Å². The van der Waals surface area contributed by atoms with Crippen LogP contribution < -0.4 is 0 Å². The van der Waals surface area contributed by atoms with Gasteiger partial charge < -0.3 is 0 Å². The number of sulfonamides is 1. The van der Waals surface area contributed by atoms with Gasteiger partial charge in [0, 0.05) is 18.3 Å². The fourth-order valence-corrected chi connectivity index (χ4v) is 3.54. The molecule has 0 spiro atoms. The third kappa shape index (κ3) is 2.86. The Kier molecular flexibility index (Phi) is 4.06. The van der Waals surface area contributed by atoms with Crippen molar-refractivity contribution in [3.63, 3.8) is 0 Å². The first-order chi connectivity index (χ1) is 6.10. The van der Waals surface area contributed by atoms with E-state index in [1.54, 1.807) is 23.0 Å².